The number of nitrogens with one attached hydrogen (secondary N) is 1. The van der Waals surface area contributed by atoms with Crippen molar-refractivity contribution >= 4 is 34.6 Å². The third-order valence-corrected chi connectivity index (χ3v) is 2.82. The van der Waals surface area contributed by atoms with Gasteiger partial charge in [0.1, 0.15) is 11.6 Å². The van der Waals surface area contributed by atoms with Gasteiger partial charge in [0.15, 0.2) is 5.58 Å². The minimum atomic E-state index is -4.54. The largest absolute Gasteiger partial charge is 0.422 e. The highest BCUT2D eigenvalue weighted by molar-refractivity contribution is 6.34. The molecule has 0 saturated carbocycles. The van der Waals surface area contributed by atoms with E-state index in [0.717, 1.165) is 12.1 Å². The predicted octanol–water partition coefficient (Wildman–Crippen LogP) is 2.79. The molecule has 0 saturated heterocycles. The molecule has 1 amide bonds. The lowest BCUT2D eigenvalue weighted by Crippen LogP contribution is -2.32. The zero-order valence-corrected chi connectivity index (χ0v) is 10.8. The van der Waals surface area contributed by atoms with E-state index in [4.69, 9.17) is 21.8 Å². The Morgan fingerprint density at radius 2 is 2.15 bits per heavy atom. The molecule has 0 aliphatic heterocycles. The quantitative estimate of drug-likeness (QED) is 0.913. The molecule has 20 heavy (non-hydrogen) atoms. The van der Waals surface area contributed by atoms with Crippen molar-refractivity contribution in [3.05, 3.63) is 22.7 Å². The van der Waals surface area contributed by atoms with Gasteiger partial charge in [0.2, 0.25) is 5.91 Å². The number of primary amides is 1. The zero-order chi connectivity index (χ0) is 15.1. The molecule has 108 valence electrons. The number of anilines is 1. The van der Waals surface area contributed by atoms with Crippen LogP contribution in [0.4, 0.5) is 19.2 Å². The molecule has 1 aromatic heterocycles. The second-order valence-corrected chi connectivity index (χ2v) is 4.50. The number of nitrogens with two attached hydrogens (primary N) is 1. The molecule has 9 heteroatoms. The van der Waals surface area contributed by atoms with Crippen LogP contribution in [0, 0.1) is 0 Å². The van der Waals surface area contributed by atoms with E-state index in [1.54, 1.807) is 0 Å². The first kappa shape index (κ1) is 14.4. The number of fused-ring (bicyclic) bond motifs is 1. The van der Waals surface area contributed by atoms with Crippen LogP contribution in [0.1, 0.15) is 12.5 Å². The third-order valence-electron chi connectivity index (χ3n) is 2.54. The fourth-order valence-electron chi connectivity index (χ4n) is 1.47. The van der Waals surface area contributed by atoms with Crippen LogP contribution >= 0.6 is 11.6 Å². The molecule has 1 aromatic carbocycles. The summed E-state index contributed by atoms with van der Waals surface area (Å²) < 4.78 is 43.0. The first-order valence-corrected chi connectivity index (χ1v) is 5.79. The molecule has 0 fully saturated rings. The molecule has 5 nitrogen and oxygen atoms in total. The topological polar surface area (TPSA) is 81.2 Å². The fraction of sp³-hybridized carbons (Fsp3) is 0.273. The fourth-order valence-corrected chi connectivity index (χ4v) is 1.73. The number of nitrogens with zero attached hydrogens (tertiary/aromatic N) is 1. The van der Waals surface area contributed by atoms with E-state index in [9.17, 15) is 18.0 Å². The van der Waals surface area contributed by atoms with Crippen molar-refractivity contribution in [2.75, 3.05) is 5.32 Å². The number of hydrogen-bond donors (Lipinski definition) is 2. The number of halogens is 4. The van der Waals surface area contributed by atoms with Crippen LogP contribution in [-0.2, 0) is 11.0 Å². The summed E-state index contributed by atoms with van der Waals surface area (Å²) in [6.45, 7) is 1.46. The van der Waals surface area contributed by atoms with Crippen molar-refractivity contribution in [2.24, 2.45) is 5.73 Å². The Labute approximate surface area is 115 Å². The highest BCUT2D eigenvalue weighted by Crippen LogP contribution is 2.35. The Morgan fingerprint density at radius 1 is 1.50 bits per heavy atom. The number of hydrogen-bond acceptors (Lipinski definition) is 4. The van der Waals surface area contributed by atoms with Gasteiger partial charge in [-0.2, -0.15) is 18.2 Å². The Bertz CT molecular complexity index is 669. The maximum atomic E-state index is 12.6. The second kappa shape index (κ2) is 4.86. The van der Waals surface area contributed by atoms with Crippen molar-refractivity contribution in [3.8, 4) is 0 Å². The lowest BCUT2D eigenvalue weighted by molar-refractivity contribution is -0.137. The third kappa shape index (κ3) is 2.79. The van der Waals surface area contributed by atoms with Crippen LogP contribution in [0.5, 0.6) is 0 Å². The Morgan fingerprint density at radius 3 is 2.70 bits per heavy atom. The van der Waals surface area contributed by atoms with Gasteiger partial charge in [0.25, 0.3) is 6.01 Å². The Balaban J connectivity index is 2.44. The van der Waals surface area contributed by atoms with Crippen LogP contribution in [0.25, 0.3) is 11.1 Å². The van der Waals surface area contributed by atoms with E-state index in [-0.39, 0.29) is 22.1 Å². The molecule has 0 aliphatic rings. The van der Waals surface area contributed by atoms with Crippen molar-refractivity contribution in [1.82, 2.24) is 4.98 Å². The minimum absolute atomic E-state index is 0.00108. The number of aromatic nitrogens is 1. The smallest absolute Gasteiger partial charge is 0.416 e. The molecule has 0 spiro atoms. The first-order chi connectivity index (χ1) is 9.18. The second-order valence-electron chi connectivity index (χ2n) is 4.09. The van der Waals surface area contributed by atoms with Crippen molar-refractivity contribution < 1.29 is 22.4 Å². The maximum Gasteiger partial charge on any atom is 0.416 e. The minimum Gasteiger partial charge on any atom is -0.422 e. The standard InChI is InChI=1S/C11H9ClF3N3O2/c1-4(9(16)19)17-10-18-7-3-5(11(13,14)15)2-6(12)8(7)20-10/h2-4H,1H3,(H2,16,19)(H,17,18)/t4-/m0/s1. The van der Waals surface area contributed by atoms with Gasteiger partial charge in [-0.05, 0) is 19.1 Å². The Hall–Kier alpha value is -1.96. The highest BCUT2D eigenvalue weighted by Gasteiger charge is 2.32. The summed E-state index contributed by atoms with van der Waals surface area (Å²) in [6.07, 6.45) is -4.54. The van der Waals surface area contributed by atoms with Crippen LogP contribution in [0.2, 0.25) is 5.02 Å². The number of alkyl halides is 3. The van der Waals surface area contributed by atoms with Gasteiger partial charge < -0.3 is 15.5 Å². The van der Waals surface area contributed by atoms with Crippen molar-refractivity contribution in [2.45, 2.75) is 19.1 Å². The predicted molar refractivity (Wildman–Crippen MR) is 66.3 cm³/mol. The summed E-state index contributed by atoms with van der Waals surface area (Å²) >= 11 is 5.73. The SMILES string of the molecule is C[C@H](Nc1nc2cc(C(F)(F)F)cc(Cl)c2o1)C(N)=O. The van der Waals surface area contributed by atoms with Crippen LogP contribution < -0.4 is 11.1 Å². The summed E-state index contributed by atoms with van der Waals surface area (Å²) in [5, 5.41) is 2.30. The van der Waals surface area contributed by atoms with Gasteiger partial charge in [-0.1, -0.05) is 11.6 Å². The van der Waals surface area contributed by atoms with Crippen LogP contribution in [0.15, 0.2) is 16.5 Å². The average Bonchev–Trinajstić information content (AvgIpc) is 2.70. The molecule has 0 unspecified atom stereocenters. The lowest BCUT2D eigenvalue weighted by atomic mass is 10.2. The molecular weight excluding hydrogens is 299 g/mol. The Kier molecular flexibility index (Phi) is 3.51. The molecule has 1 atom stereocenters. The van der Waals surface area contributed by atoms with Gasteiger partial charge in [-0.25, -0.2) is 0 Å². The number of rotatable bonds is 3. The number of oxazole rings is 1. The number of amides is 1. The molecule has 0 aliphatic carbocycles. The number of benzene rings is 1. The lowest BCUT2D eigenvalue weighted by Gasteiger charge is -2.06. The average molecular weight is 308 g/mol. The van der Waals surface area contributed by atoms with Gasteiger partial charge >= 0.3 is 6.18 Å². The van der Waals surface area contributed by atoms with E-state index >= 15 is 0 Å². The van der Waals surface area contributed by atoms with Crippen LogP contribution in [0.3, 0.4) is 0 Å². The first-order valence-electron chi connectivity index (χ1n) is 5.41. The van der Waals surface area contributed by atoms with Crippen molar-refractivity contribution in [3.63, 3.8) is 0 Å². The van der Waals surface area contributed by atoms with Crippen LogP contribution in [-0.4, -0.2) is 16.9 Å². The van der Waals surface area contributed by atoms with Gasteiger partial charge in [-0.15, -0.1) is 0 Å². The number of carbonyl (C=O) groups excluding carboxylic acids is 1. The molecule has 3 N–H and O–H groups in total. The maximum absolute atomic E-state index is 12.6. The van der Waals surface area contributed by atoms with Gasteiger partial charge in [0.05, 0.1) is 10.6 Å². The van der Waals surface area contributed by atoms with E-state index < -0.39 is 23.7 Å². The molecule has 2 rings (SSSR count). The van der Waals surface area contributed by atoms with E-state index in [1.165, 1.54) is 6.92 Å². The highest BCUT2D eigenvalue weighted by atomic mass is 35.5. The van der Waals surface area contributed by atoms with E-state index in [2.05, 4.69) is 10.3 Å². The van der Waals surface area contributed by atoms with Gasteiger partial charge in [-0.3, -0.25) is 4.79 Å². The summed E-state index contributed by atoms with van der Waals surface area (Å²) in [7, 11) is 0. The monoisotopic (exact) mass is 307 g/mol. The van der Waals surface area contributed by atoms with Crippen molar-refractivity contribution in [1.29, 1.82) is 0 Å². The van der Waals surface area contributed by atoms with Gasteiger partial charge in [0, 0.05) is 0 Å². The number of carbonyl (C=O) groups is 1. The normalized spacial score (nSPS) is 13.4. The molecule has 2 aromatic rings. The summed E-state index contributed by atoms with van der Waals surface area (Å²) in [6, 6.07) is 0.637. The summed E-state index contributed by atoms with van der Waals surface area (Å²) in [5.41, 5.74) is 4.04. The molecule has 1 heterocycles. The molecular formula is C11H9ClF3N3O2. The summed E-state index contributed by atoms with van der Waals surface area (Å²) in [5.74, 6) is -0.658. The summed E-state index contributed by atoms with van der Waals surface area (Å²) in [4.78, 5) is 14.7. The van der Waals surface area contributed by atoms with E-state index in [1.807, 2.05) is 0 Å². The molecule has 0 bridgehead atoms. The zero-order valence-electron chi connectivity index (χ0n) is 10.1. The van der Waals surface area contributed by atoms with E-state index in [0.29, 0.717) is 0 Å². The molecule has 0 radical (unpaired) electrons.